The zero-order chi connectivity index (χ0) is 19.4. The Hall–Kier alpha value is -3.29. The van der Waals surface area contributed by atoms with Gasteiger partial charge in [0.1, 0.15) is 11.5 Å². The summed E-state index contributed by atoms with van der Waals surface area (Å²) < 4.78 is 10.4. The first-order chi connectivity index (χ1) is 13.0. The van der Waals surface area contributed by atoms with E-state index in [4.69, 9.17) is 9.47 Å². The van der Waals surface area contributed by atoms with E-state index >= 15 is 0 Å². The second-order valence-corrected chi connectivity index (χ2v) is 6.20. The Kier molecular flexibility index (Phi) is 5.44. The van der Waals surface area contributed by atoms with Crippen LogP contribution in [0.25, 0.3) is 0 Å². The van der Waals surface area contributed by atoms with Crippen LogP contribution in [0.3, 0.4) is 0 Å². The van der Waals surface area contributed by atoms with Crippen molar-refractivity contribution in [2.45, 2.75) is 18.9 Å². The highest BCUT2D eigenvalue weighted by atomic mass is 16.6. The second-order valence-electron chi connectivity index (χ2n) is 6.20. The van der Waals surface area contributed by atoms with Crippen LogP contribution in [0.5, 0.6) is 11.5 Å². The molecule has 1 N–H and O–H groups in total. The molecule has 0 aliphatic carbocycles. The van der Waals surface area contributed by atoms with Crippen molar-refractivity contribution in [3.05, 3.63) is 58.1 Å². The highest BCUT2D eigenvalue weighted by Gasteiger charge is 2.30. The van der Waals surface area contributed by atoms with Gasteiger partial charge in [-0.05, 0) is 36.6 Å². The van der Waals surface area contributed by atoms with E-state index in [2.05, 4.69) is 5.32 Å². The number of urea groups is 1. The number of nitro groups is 1. The molecule has 1 atom stereocenters. The van der Waals surface area contributed by atoms with Gasteiger partial charge in [-0.15, -0.1) is 0 Å². The zero-order valence-corrected chi connectivity index (χ0v) is 15.2. The van der Waals surface area contributed by atoms with Crippen molar-refractivity contribution in [2.24, 2.45) is 0 Å². The summed E-state index contributed by atoms with van der Waals surface area (Å²) in [4.78, 5) is 25.0. The lowest BCUT2D eigenvalue weighted by molar-refractivity contribution is -0.384. The summed E-state index contributed by atoms with van der Waals surface area (Å²) in [6.45, 7) is 0.637. The molecule has 8 heteroatoms. The van der Waals surface area contributed by atoms with Gasteiger partial charge in [0.15, 0.2) is 0 Å². The van der Waals surface area contributed by atoms with Crippen molar-refractivity contribution >= 4 is 17.4 Å². The second kappa shape index (κ2) is 7.94. The summed E-state index contributed by atoms with van der Waals surface area (Å²) in [5.41, 5.74) is 1.34. The Bertz CT molecular complexity index is 838. The Morgan fingerprint density at radius 2 is 1.93 bits per heavy atom. The number of rotatable bonds is 5. The number of hydrogen-bond donors (Lipinski definition) is 1. The maximum Gasteiger partial charge on any atom is 0.322 e. The fraction of sp³-hybridized carbons (Fsp3) is 0.316. The lowest BCUT2D eigenvalue weighted by Gasteiger charge is -2.26. The summed E-state index contributed by atoms with van der Waals surface area (Å²) in [5, 5.41) is 13.7. The molecular formula is C19H21N3O5. The van der Waals surface area contributed by atoms with Crippen LogP contribution in [0.2, 0.25) is 0 Å². The van der Waals surface area contributed by atoms with Crippen LogP contribution in [0.15, 0.2) is 42.5 Å². The third kappa shape index (κ3) is 3.94. The number of likely N-dealkylation sites (tertiary alicyclic amines) is 1. The van der Waals surface area contributed by atoms with E-state index in [0.29, 0.717) is 12.2 Å². The maximum atomic E-state index is 12.8. The average Bonchev–Trinajstić information content (AvgIpc) is 3.18. The van der Waals surface area contributed by atoms with Crippen molar-refractivity contribution < 1.29 is 19.2 Å². The third-order valence-corrected chi connectivity index (χ3v) is 4.65. The van der Waals surface area contributed by atoms with E-state index in [1.165, 1.54) is 25.3 Å². The van der Waals surface area contributed by atoms with Gasteiger partial charge in [0.25, 0.3) is 5.69 Å². The van der Waals surface area contributed by atoms with Gasteiger partial charge in [-0.25, -0.2) is 4.79 Å². The molecule has 0 unspecified atom stereocenters. The van der Waals surface area contributed by atoms with Gasteiger partial charge in [-0.2, -0.15) is 0 Å². The molecule has 1 heterocycles. The predicted molar refractivity (Wildman–Crippen MR) is 100 cm³/mol. The van der Waals surface area contributed by atoms with Crippen LogP contribution in [0.1, 0.15) is 24.4 Å². The Morgan fingerprint density at radius 1 is 1.19 bits per heavy atom. The highest BCUT2D eigenvalue weighted by Crippen LogP contribution is 2.34. The Labute approximate surface area is 156 Å². The minimum Gasteiger partial charge on any atom is -0.497 e. The smallest absolute Gasteiger partial charge is 0.322 e. The number of nitro benzene ring substituents is 1. The van der Waals surface area contributed by atoms with Crippen molar-refractivity contribution in [3.63, 3.8) is 0 Å². The van der Waals surface area contributed by atoms with E-state index in [0.717, 1.165) is 24.2 Å². The van der Waals surface area contributed by atoms with E-state index in [-0.39, 0.29) is 23.5 Å². The molecule has 1 fully saturated rings. The fourth-order valence-corrected chi connectivity index (χ4v) is 3.27. The van der Waals surface area contributed by atoms with E-state index in [1.54, 1.807) is 12.0 Å². The number of anilines is 1. The quantitative estimate of drug-likeness (QED) is 0.634. The highest BCUT2D eigenvalue weighted by molar-refractivity contribution is 5.91. The van der Waals surface area contributed by atoms with E-state index in [1.807, 2.05) is 24.3 Å². The summed E-state index contributed by atoms with van der Waals surface area (Å²) >= 11 is 0. The lowest BCUT2D eigenvalue weighted by atomic mass is 10.0. The Morgan fingerprint density at radius 3 is 2.56 bits per heavy atom. The molecule has 1 aliphatic heterocycles. The van der Waals surface area contributed by atoms with Crippen LogP contribution >= 0.6 is 0 Å². The molecule has 142 valence electrons. The summed E-state index contributed by atoms with van der Waals surface area (Å²) in [5.74, 6) is 1.01. The molecule has 0 saturated carbocycles. The first-order valence-electron chi connectivity index (χ1n) is 8.57. The van der Waals surface area contributed by atoms with Gasteiger partial charge in [0.05, 0.1) is 36.9 Å². The predicted octanol–water partition coefficient (Wildman–Crippen LogP) is 3.98. The fourth-order valence-electron chi connectivity index (χ4n) is 3.27. The van der Waals surface area contributed by atoms with Crippen molar-refractivity contribution in [2.75, 3.05) is 26.1 Å². The van der Waals surface area contributed by atoms with Crippen LogP contribution in [-0.2, 0) is 0 Å². The van der Waals surface area contributed by atoms with Crippen LogP contribution in [0, 0.1) is 10.1 Å². The SMILES string of the molecule is COc1ccc([C@H]2CCCN2C(=O)Nc2ccc([N+](=O)[O-])cc2OC)cc1. The van der Waals surface area contributed by atoms with Crippen molar-refractivity contribution in [1.29, 1.82) is 0 Å². The molecule has 2 amide bonds. The minimum atomic E-state index is -0.506. The number of amides is 2. The molecule has 27 heavy (non-hydrogen) atoms. The minimum absolute atomic E-state index is 0.0278. The molecular weight excluding hydrogens is 350 g/mol. The van der Waals surface area contributed by atoms with Crippen molar-refractivity contribution in [3.8, 4) is 11.5 Å². The van der Waals surface area contributed by atoms with Gasteiger partial charge in [0.2, 0.25) is 0 Å². The number of hydrogen-bond acceptors (Lipinski definition) is 5. The molecule has 0 aromatic heterocycles. The normalized spacial score (nSPS) is 16.1. The standard InChI is InChI=1S/C19H21N3O5/c1-26-15-8-5-13(6-9-15)17-4-3-11-21(17)19(23)20-16-10-7-14(22(24)25)12-18(16)27-2/h5-10,12,17H,3-4,11H2,1-2H3,(H,20,23)/t17-/m1/s1. The van der Waals surface area contributed by atoms with Crippen LogP contribution in [-0.4, -0.2) is 36.6 Å². The van der Waals surface area contributed by atoms with Gasteiger partial charge in [0, 0.05) is 12.6 Å². The number of nitrogens with one attached hydrogen (secondary N) is 1. The monoisotopic (exact) mass is 371 g/mol. The number of carbonyl (C=O) groups is 1. The topological polar surface area (TPSA) is 93.9 Å². The Balaban J connectivity index is 1.77. The summed E-state index contributed by atoms with van der Waals surface area (Å²) in [7, 11) is 3.02. The number of non-ortho nitro benzene ring substituents is 1. The molecule has 1 saturated heterocycles. The number of benzene rings is 2. The molecule has 3 rings (SSSR count). The maximum absolute atomic E-state index is 12.8. The lowest BCUT2D eigenvalue weighted by Crippen LogP contribution is -2.34. The molecule has 2 aromatic rings. The average molecular weight is 371 g/mol. The van der Waals surface area contributed by atoms with Gasteiger partial charge >= 0.3 is 6.03 Å². The van der Waals surface area contributed by atoms with Crippen LogP contribution < -0.4 is 14.8 Å². The van der Waals surface area contributed by atoms with Gasteiger partial charge in [-0.1, -0.05) is 12.1 Å². The van der Waals surface area contributed by atoms with E-state index < -0.39 is 4.92 Å². The number of methoxy groups -OCH3 is 2. The van der Waals surface area contributed by atoms with Crippen LogP contribution in [0.4, 0.5) is 16.2 Å². The molecule has 0 spiro atoms. The first-order valence-corrected chi connectivity index (χ1v) is 8.57. The molecule has 1 aliphatic rings. The van der Waals surface area contributed by atoms with Gasteiger partial charge in [-0.3, -0.25) is 10.1 Å². The zero-order valence-electron chi connectivity index (χ0n) is 15.2. The van der Waals surface area contributed by atoms with Gasteiger partial charge < -0.3 is 19.7 Å². The molecule has 0 radical (unpaired) electrons. The number of carbonyl (C=O) groups excluding carboxylic acids is 1. The molecule has 8 nitrogen and oxygen atoms in total. The largest absolute Gasteiger partial charge is 0.497 e. The van der Waals surface area contributed by atoms with Crippen molar-refractivity contribution in [1.82, 2.24) is 4.90 Å². The third-order valence-electron chi connectivity index (χ3n) is 4.65. The number of ether oxygens (including phenoxy) is 2. The summed E-state index contributed by atoms with van der Waals surface area (Å²) in [6.07, 6.45) is 1.78. The summed E-state index contributed by atoms with van der Waals surface area (Å²) in [6, 6.07) is 11.5. The molecule has 2 aromatic carbocycles. The molecule has 0 bridgehead atoms. The first kappa shape index (κ1) is 18.5. The van der Waals surface area contributed by atoms with E-state index in [9.17, 15) is 14.9 Å². The number of nitrogens with zero attached hydrogens (tertiary/aromatic N) is 2.